The van der Waals surface area contributed by atoms with E-state index in [0.717, 1.165) is 5.82 Å². The van der Waals surface area contributed by atoms with Crippen molar-refractivity contribution >= 4 is 21.5 Å². The zero-order chi connectivity index (χ0) is 17.7. The molecular formula is C19H26N3O2S+. The predicted molar refractivity (Wildman–Crippen MR) is 100 cm³/mol. The number of anilines is 2. The van der Waals surface area contributed by atoms with Crippen LogP contribution in [-0.4, -0.2) is 21.0 Å². The number of para-hydroxylation sites is 1. The fourth-order valence-corrected chi connectivity index (χ4v) is 4.78. The van der Waals surface area contributed by atoms with Gasteiger partial charge < -0.3 is 0 Å². The molecule has 0 aliphatic heterocycles. The standard InChI is InChI=1S/C19H25N3O2S/c1-2-22(17-11-7-4-8-12-17)25(23,24)18-13-14-19(20-15-18)21-16-9-5-3-6-10-16/h4,7-8,11-16H,2-3,5-6,9-10H2,1H3,(H,20,21)/p+1. The van der Waals surface area contributed by atoms with Crippen LogP contribution in [0.5, 0.6) is 0 Å². The van der Waals surface area contributed by atoms with E-state index in [1.807, 2.05) is 43.3 Å². The predicted octanol–water partition coefficient (Wildman–Crippen LogP) is 3.46. The van der Waals surface area contributed by atoms with Crippen molar-refractivity contribution in [1.82, 2.24) is 0 Å². The van der Waals surface area contributed by atoms with Crippen LogP contribution in [0.3, 0.4) is 0 Å². The molecule has 0 amide bonds. The summed E-state index contributed by atoms with van der Waals surface area (Å²) < 4.78 is 27.3. The van der Waals surface area contributed by atoms with E-state index in [0.29, 0.717) is 18.3 Å². The number of nitrogens with one attached hydrogen (secondary N) is 2. The molecule has 0 saturated heterocycles. The first kappa shape index (κ1) is 17.7. The van der Waals surface area contributed by atoms with Crippen molar-refractivity contribution in [2.24, 2.45) is 0 Å². The van der Waals surface area contributed by atoms with Crippen LogP contribution in [0.4, 0.5) is 11.5 Å². The minimum Gasteiger partial charge on any atom is -0.272 e. The molecule has 25 heavy (non-hydrogen) atoms. The molecule has 6 heteroatoms. The molecule has 1 aliphatic rings. The van der Waals surface area contributed by atoms with Crippen LogP contribution in [0.25, 0.3) is 0 Å². The number of rotatable bonds is 6. The van der Waals surface area contributed by atoms with Crippen LogP contribution < -0.4 is 14.6 Å². The third kappa shape index (κ3) is 4.12. The second-order valence-electron chi connectivity index (χ2n) is 6.42. The maximum Gasteiger partial charge on any atom is 0.272 e. The van der Waals surface area contributed by atoms with E-state index in [-0.39, 0.29) is 4.90 Å². The minimum absolute atomic E-state index is 0.271. The number of benzene rings is 1. The van der Waals surface area contributed by atoms with Gasteiger partial charge >= 0.3 is 0 Å². The molecule has 0 atom stereocenters. The summed E-state index contributed by atoms with van der Waals surface area (Å²) in [6.45, 7) is 2.22. The van der Waals surface area contributed by atoms with Gasteiger partial charge in [0.05, 0.1) is 11.7 Å². The molecule has 1 aliphatic carbocycles. The first-order chi connectivity index (χ1) is 12.1. The van der Waals surface area contributed by atoms with E-state index in [1.165, 1.54) is 36.4 Å². The van der Waals surface area contributed by atoms with Gasteiger partial charge in [0.25, 0.3) is 15.8 Å². The largest absolute Gasteiger partial charge is 0.272 e. The number of aromatic nitrogens is 1. The third-order valence-electron chi connectivity index (χ3n) is 4.67. The molecule has 1 heterocycles. The molecule has 5 nitrogen and oxygen atoms in total. The van der Waals surface area contributed by atoms with Crippen LogP contribution in [0.15, 0.2) is 53.6 Å². The number of pyridine rings is 1. The van der Waals surface area contributed by atoms with E-state index in [2.05, 4.69) is 10.3 Å². The van der Waals surface area contributed by atoms with Gasteiger partial charge in [0, 0.05) is 12.6 Å². The second-order valence-corrected chi connectivity index (χ2v) is 8.28. The molecular weight excluding hydrogens is 334 g/mol. The minimum atomic E-state index is -3.58. The average Bonchev–Trinajstić information content (AvgIpc) is 2.64. The Morgan fingerprint density at radius 3 is 2.40 bits per heavy atom. The van der Waals surface area contributed by atoms with Crippen LogP contribution in [0.1, 0.15) is 39.0 Å². The Morgan fingerprint density at radius 2 is 1.80 bits per heavy atom. The van der Waals surface area contributed by atoms with Gasteiger partial charge in [-0.15, -0.1) is 0 Å². The Hall–Kier alpha value is -2.08. The molecule has 1 fully saturated rings. The first-order valence-electron chi connectivity index (χ1n) is 8.97. The van der Waals surface area contributed by atoms with Gasteiger partial charge in [0.15, 0.2) is 0 Å². The Morgan fingerprint density at radius 1 is 1.08 bits per heavy atom. The monoisotopic (exact) mass is 360 g/mol. The molecule has 0 unspecified atom stereocenters. The Kier molecular flexibility index (Phi) is 5.58. The highest BCUT2D eigenvalue weighted by Gasteiger charge is 2.25. The van der Waals surface area contributed by atoms with Crippen LogP contribution in [-0.2, 0) is 10.0 Å². The lowest BCUT2D eigenvalue weighted by Crippen LogP contribution is -2.32. The fraction of sp³-hybridized carbons (Fsp3) is 0.421. The number of sulfonamides is 1. The third-order valence-corrected chi connectivity index (χ3v) is 6.57. The molecule has 134 valence electrons. The summed E-state index contributed by atoms with van der Waals surface area (Å²) in [5, 5.41) is 3.47. The lowest BCUT2D eigenvalue weighted by Gasteiger charge is -2.22. The average molecular weight is 361 g/mol. The van der Waals surface area contributed by atoms with Gasteiger partial charge in [-0.3, -0.25) is 9.62 Å². The number of hydrogen-bond acceptors (Lipinski definition) is 3. The Bertz CT molecular complexity index is 770. The molecule has 2 N–H and O–H groups in total. The molecule has 0 spiro atoms. The molecule has 1 saturated carbocycles. The normalized spacial score (nSPS) is 15.7. The molecule has 0 radical (unpaired) electrons. The van der Waals surface area contributed by atoms with Crippen molar-refractivity contribution in [3.63, 3.8) is 0 Å². The quantitative estimate of drug-likeness (QED) is 0.858. The van der Waals surface area contributed by atoms with Crippen LogP contribution >= 0.6 is 0 Å². The summed E-state index contributed by atoms with van der Waals surface area (Å²) >= 11 is 0. The highest BCUT2D eigenvalue weighted by atomic mass is 32.2. The zero-order valence-electron chi connectivity index (χ0n) is 14.6. The first-order valence-corrected chi connectivity index (χ1v) is 10.4. The zero-order valence-corrected chi connectivity index (χ0v) is 15.4. The topological polar surface area (TPSA) is 63.6 Å². The highest BCUT2D eigenvalue weighted by molar-refractivity contribution is 7.92. The SMILES string of the molecule is CCN(c1ccccc1)S(=O)(=O)c1ccc(NC2CCCCC2)[nH+]c1. The van der Waals surface area contributed by atoms with Gasteiger partial charge in [0.1, 0.15) is 11.1 Å². The summed E-state index contributed by atoms with van der Waals surface area (Å²) in [5.74, 6) is 0.869. The lowest BCUT2D eigenvalue weighted by molar-refractivity contribution is -0.364. The summed E-state index contributed by atoms with van der Waals surface area (Å²) in [6, 6.07) is 13.2. The van der Waals surface area contributed by atoms with Crippen molar-refractivity contribution in [1.29, 1.82) is 0 Å². The van der Waals surface area contributed by atoms with E-state index in [4.69, 9.17) is 0 Å². The highest BCUT2D eigenvalue weighted by Crippen LogP contribution is 2.23. The van der Waals surface area contributed by atoms with E-state index in [1.54, 1.807) is 12.3 Å². The van der Waals surface area contributed by atoms with Gasteiger partial charge in [-0.1, -0.05) is 24.6 Å². The fourth-order valence-electron chi connectivity index (χ4n) is 3.34. The van der Waals surface area contributed by atoms with E-state index in [9.17, 15) is 8.42 Å². The van der Waals surface area contributed by atoms with Gasteiger partial charge in [-0.25, -0.2) is 13.4 Å². The maximum atomic E-state index is 13.0. The van der Waals surface area contributed by atoms with Crippen molar-refractivity contribution < 1.29 is 13.4 Å². The number of H-pyrrole nitrogens is 1. The van der Waals surface area contributed by atoms with Gasteiger partial charge in [-0.2, -0.15) is 0 Å². The Balaban J connectivity index is 1.77. The van der Waals surface area contributed by atoms with Gasteiger partial charge in [0.2, 0.25) is 0 Å². The molecule has 3 rings (SSSR count). The maximum absolute atomic E-state index is 13.0. The van der Waals surface area contributed by atoms with Crippen LogP contribution in [0.2, 0.25) is 0 Å². The van der Waals surface area contributed by atoms with Crippen molar-refractivity contribution in [2.75, 3.05) is 16.2 Å². The smallest absolute Gasteiger partial charge is 0.272 e. The summed E-state index contributed by atoms with van der Waals surface area (Å²) in [6.07, 6.45) is 7.74. The molecule has 2 aromatic rings. The molecule has 1 aromatic carbocycles. The molecule has 1 aromatic heterocycles. The van der Waals surface area contributed by atoms with Crippen LogP contribution in [0, 0.1) is 0 Å². The second kappa shape index (κ2) is 7.87. The van der Waals surface area contributed by atoms with Gasteiger partial charge in [-0.05, 0) is 50.8 Å². The number of nitrogens with zero attached hydrogens (tertiary/aromatic N) is 1. The summed E-state index contributed by atoms with van der Waals surface area (Å²) in [4.78, 5) is 3.37. The van der Waals surface area contributed by atoms with E-state index >= 15 is 0 Å². The lowest BCUT2D eigenvalue weighted by atomic mass is 9.95. The summed E-state index contributed by atoms with van der Waals surface area (Å²) in [7, 11) is -3.58. The van der Waals surface area contributed by atoms with Crippen molar-refractivity contribution in [2.45, 2.75) is 50.0 Å². The Labute approximate surface area is 150 Å². The van der Waals surface area contributed by atoms with Crippen molar-refractivity contribution in [3.8, 4) is 0 Å². The summed E-state index contributed by atoms with van der Waals surface area (Å²) in [5.41, 5.74) is 0.675. The molecule has 0 bridgehead atoms. The number of hydrogen-bond donors (Lipinski definition) is 1. The number of aromatic amines is 1. The van der Waals surface area contributed by atoms with Crippen molar-refractivity contribution in [3.05, 3.63) is 48.7 Å². The van der Waals surface area contributed by atoms with E-state index < -0.39 is 10.0 Å².